The van der Waals surface area contributed by atoms with Gasteiger partial charge in [0.1, 0.15) is 0 Å². The molecule has 29 heavy (non-hydrogen) atoms. The number of hydrogen-bond acceptors (Lipinski definition) is 6. The number of amides is 1. The molecule has 2 aromatic rings. The van der Waals surface area contributed by atoms with Gasteiger partial charge in [-0.05, 0) is 50.5 Å². The maximum absolute atomic E-state index is 12.9. The second kappa shape index (κ2) is 8.91. The van der Waals surface area contributed by atoms with Crippen molar-refractivity contribution in [2.45, 2.75) is 39.0 Å². The minimum Gasteiger partial charge on any atom is -0.301 e. The molecule has 1 fully saturated rings. The van der Waals surface area contributed by atoms with Crippen molar-refractivity contribution >= 4 is 32.4 Å². The van der Waals surface area contributed by atoms with Crippen LogP contribution >= 0.6 is 11.3 Å². The van der Waals surface area contributed by atoms with Crippen LogP contribution in [0.25, 0.3) is 0 Å². The molecule has 1 aliphatic rings. The molecule has 2 heterocycles. The molecule has 0 saturated carbocycles. The Hall–Kier alpha value is -1.81. The predicted molar refractivity (Wildman–Crippen MR) is 116 cm³/mol. The van der Waals surface area contributed by atoms with Crippen molar-refractivity contribution in [1.82, 2.24) is 14.2 Å². The minimum atomic E-state index is -3.51. The Labute approximate surface area is 176 Å². The van der Waals surface area contributed by atoms with Gasteiger partial charge in [-0.2, -0.15) is 4.31 Å². The topological polar surface area (TPSA) is 82.6 Å². The number of nitrogens with one attached hydrogen (secondary N) is 1. The standard InChI is InChI=1S/C20H28N4O3S2/c1-5-18-16(4)28-20(21-18)22-19(25)13-23-8-10-24(11-9-23)29(26,27)17-7-6-14(2)15(3)12-17/h6-7,12H,5,8-11,13H2,1-4H3,(H,21,22,25). The van der Waals surface area contributed by atoms with Crippen molar-refractivity contribution in [2.75, 3.05) is 38.0 Å². The first-order chi connectivity index (χ1) is 13.7. The van der Waals surface area contributed by atoms with E-state index >= 15 is 0 Å². The zero-order valence-electron chi connectivity index (χ0n) is 17.4. The number of sulfonamides is 1. The molecule has 1 aromatic carbocycles. The highest BCUT2D eigenvalue weighted by Crippen LogP contribution is 2.23. The summed E-state index contributed by atoms with van der Waals surface area (Å²) in [5, 5.41) is 3.48. The van der Waals surface area contributed by atoms with Crippen LogP contribution in [0.5, 0.6) is 0 Å². The van der Waals surface area contributed by atoms with Crippen LogP contribution in [0.1, 0.15) is 28.6 Å². The largest absolute Gasteiger partial charge is 0.301 e. The summed E-state index contributed by atoms with van der Waals surface area (Å²) in [4.78, 5) is 20.2. The van der Waals surface area contributed by atoms with E-state index in [9.17, 15) is 13.2 Å². The molecular formula is C20H28N4O3S2. The van der Waals surface area contributed by atoms with Crippen molar-refractivity contribution in [3.05, 3.63) is 39.9 Å². The summed E-state index contributed by atoms with van der Waals surface area (Å²) in [6.07, 6.45) is 0.842. The number of aryl methyl sites for hydroxylation is 4. The average Bonchev–Trinajstić information content (AvgIpc) is 3.03. The lowest BCUT2D eigenvalue weighted by atomic mass is 10.1. The Morgan fingerprint density at radius 2 is 1.83 bits per heavy atom. The van der Waals surface area contributed by atoms with Crippen molar-refractivity contribution in [1.29, 1.82) is 0 Å². The summed E-state index contributed by atoms with van der Waals surface area (Å²) in [5.74, 6) is -0.119. The van der Waals surface area contributed by atoms with Crippen molar-refractivity contribution in [2.24, 2.45) is 0 Å². The number of carbonyl (C=O) groups excluding carboxylic acids is 1. The molecule has 0 bridgehead atoms. The van der Waals surface area contributed by atoms with E-state index in [4.69, 9.17) is 0 Å². The van der Waals surface area contributed by atoms with Crippen LogP contribution in [0.4, 0.5) is 5.13 Å². The predicted octanol–water partition coefficient (Wildman–Crippen LogP) is 2.58. The zero-order chi connectivity index (χ0) is 21.2. The van der Waals surface area contributed by atoms with Crippen LogP contribution in [0.15, 0.2) is 23.1 Å². The lowest BCUT2D eigenvalue weighted by Crippen LogP contribution is -2.50. The maximum atomic E-state index is 12.9. The number of aromatic nitrogens is 1. The molecule has 7 nitrogen and oxygen atoms in total. The third-order valence-corrected chi connectivity index (χ3v) is 8.11. The van der Waals surface area contributed by atoms with Gasteiger partial charge in [0.2, 0.25) is 15.9 Å². The molecule has 1 aromatic heterocycles. The van der Waals surface area contributed by atoms with Gasteiger partial charge in [0, 0.05) is 31.1 Å². The Bertz CT molecular complexity index is 993. The first-order valence-corrected chi connectivity index (χ1v) is 12.0. The second-order valence-electron chi connectivity index (χ2n) is 7.35. The molecule has 1 saturated heterocycles. The molecule has 0 atom stereocenters. The Morgan fingerprint density at radius 1 is 1.14 bits per heavy atom. The number of nitrogens with zero attached hydrogens (tertiary/aromatic N) is 3. The van der Waals surface area contributed by atoms with Crippen molar-refractivity contribution in [3.8, 4) is 0 Å². The van der Waals surface area contributed by atoms with Crippen LogP contribution in [-0.4, -0.2) is 61.2 Å². The highest BCUT2D eigenvalue weighted by molar-refractivity contribution is 7.89. The zero-order valence-corrected chi connectivity index (χ0v) is 19.0. The van der Waals surface area contributed by atoms with E-state index in [0.29, 0.717) is 36.2 Å². The first kappa shape index (κ1) is 21.9. The number of benzene rings is 1. The molecule has 1 aliphatic heterocycles. The molecule has 158 valence electrons. The quantitative estimate of drug-likeness (QED) is 0.753. The fourth-order valence-electron chi connectivity index (χ4n) is 3.32. The van der Waals surface area contributed by atoms with E-state index < -0.39 is 10.0 Å². The molecular weight excluding hydrogens is 408 g/mol. The third kappa shape index (κ3) is 5.03. The van der Waals surface area contributed by atoms with E-state index in [1.54, 1.807) is 12.1 Å². The van der Waals surface area contributed by atoms with E-state index in [2.05, 4.69) is 10.3 Å². The van der Waals surface area contributed by atoms with E-state index in [-0.39, 0.29) is 12.5 Å². The summed E-state index contributed by atoms with van der Waals surface area (Å²) in [5.41, 5.74) is 3.04. The highest BCUT2D eigenvalue weighted by Gasteiger charge is 2.29. The van der Waals surface area contributed by atoms with Crippen LogP contribution in [0.3, 0.4) is 0 Å². The summed E-state index contributed by atoms with van der Waals surface area (Å²) in [6, 6.07) is 5.23. The van der Waals surface area contributed by atoms with Gasteiger partial charge in [-0.1, -0.05) is 13.0 Å². The van der Waals surface area contributed by atoms with Crippen LogP contribution in [0, 0.1) is 20.8 Å². The smallest absolute Gasteiger partial charge is 0.243 e. The summed E-state index contributed by atoms with van der Waals surface area (Å²) >= 11 is 1.48. The summed E-state index contributed by atoms with van der Waals surface area (Å²) in [6.45, 7) is 9.95. The average molecular weight is 437 g/mol. The maximum Gasteiger partial charge on any atom is 0.243 e. The van der Waals surface area contributed by atoms with Crippen molar-refractivity contribution in [3.63, 3.8) is 0 Å². The molecule has 1 N–H and O–H groups in total. The number of thiazole rings is 1. The van der Waals surface area contributed by atoms with Crippen LogP contribution < -0.4 is 5.32 Å². The molecule has 0 radical (unpaired) electrons. The molecule has 0 spiro atoms. The number of piperazine rings is 1. The van der Waals surface area contributed by atoms with E-state index in [0.717, 1.165) is 28.1 Å². The molecule has 3 rings (SSSR count). The number of anilines is 1. The van der Waals surface area contributed by atoms with Gasteiger partial charge in [-0.3, -0.25) is 9.69 Å². The number of hydrogen-bond donors (Lipinski definition) is 1. The Morgan fingerprint density at radius 3 is 2.41 bits per heavy atom. The van der Waals surface area contributed by atoms with Crippen LogP contribution in [-0.2, 0) is 21.2 Å². The fraction of sp³-hybridized carbons (Fsp3) is 0.500. The van der Waals surface area contributed by atoms with Gasteiger partial charge in [-0.15, -0.1) is 11.3 Å². The lowest BCUT2D eigenvalue weighted by molar-refractivity contribution is -0.117. The van der Waals surface area contributed by atoms with Gasteiger partial charge in [-0.25, -0.2) is 13.4 Å². The molecule has 0 aliphatic carbocycles. The summed E-state index contributed by atoms with van der Waals surface area (Å²) < 4.78 is 27.3. The minimum absolute atomic E-state index is 0.119. The van der Waals surface area contributed by atoms with Gasteiger partial charge in [0.25, 0.3) is 0 Å². The Balaban J connectivity index is 1.55. The second-order valence-corrected chi connectivity index (χ2v) is 10.5. The fourth-order valence-corrected chi connectivity index (χ4v) is 5.75. The van der Waals surface area contributed by atoms with Crippen molar-refractivity contribution < 1.29 is 13.2 Å². The molecule has 0 unspecified atom stereocenters. The number of carbonyl (C=O) groups is 1. The molecule has 1 amide bonds. The van der Waals surface area contributed by atoms with Crippen LogP contribution in [0.2, 0.25) is 0 Å². The van der Waals surface area contributed by atoms with E-state index in [1.807, 2.05) is 38.7 Å². The SMILES string of the molecule is CCc1nc(NC(=O)CN2CCN(S(=O)(=O)c3ccc(C)c(C)c3)CC2)sc1C. The third-order valence-electron chi connectivity index (χ3n) is 5.29. The lowest BCUT2D eigenvalue weighted by Gasteiger charge is -2.33. The Kier molecular flexibility index (Phi) is 6.72. The van der Waals surface area contributed by atoms with E-state index in [1.165, 1.54) is 15.6 Å². The monoisotopic (exact) mass is 436 g/mol. The summed E-state index contributed by atoms with van der Waals surface area (Å²) in [7, 11) is -3.51. The van der Waals surface area contributed by atoms with Gasteiger partial charge >= 0.3 is 0 Å². The normalized spacial score (nSPS) is 16.1. The van der Waals surface area contributed by atoms with Gasteiger partial charge in [0.05, 0.1) is 17.1 Å². The first-order valence-electron chi connectivity index (χ1n) is 9.76. The number of rotatable bonds is 6. The highest BCUT2D eigenvalue weighted by atomic mass is 32.2. The molecule has 9 heteroatoms. The van der Waals surface area contributed by atoms with Gasteiger partial charge in [0.15, 0.2) is 5.13 Å². The van der Waals surface area contributed by atoms with Gasteiger partial charge < -0.3 is 5.32 Å².